The summed E-state index contributed by atoms with van der Waals surface area (Å²) in [7, 11) is 0. The van der Waals surface area contributed by atoms with Crippen LogP contribution in [-0.4, -0.2) is 42.0 Å². The van der Waals surface area contributed by atoms with Gasteiger partial charge in [0.2, 0.25) is 0 Å². The van der Waals surface area contributed by atoms with Crippen molar-refractivity contribution in [2.75, 3.05) is 25.0 Å². The third-order valence-electron chi connectivity index (χ3n) is 2.18. The van der Waals surface area contributed by atoms with Gasteiger partial charge in [-0.3, -0.25) is 4.79 Å². The van der Waals surface area contributed by atoms with Gasteiger partial charge in [-0.05, 0) is 12.1 Å². The number of ether oxygens (including phenoxy) is 1. The number of hydrogen-bond acceptors (Lipinski definition) is 2. The molecule has 0 aliphatic carbocycles. The summed E-state index contributed by atoms with van der Waals surface area (Å²) in [6.45, 7) is -1.70. The van der Waals surface area contributed by atoms with Crippen molar-refractivity contribution in [2.45, 2.75) is 6.18 Å². The van der Waals surface area contributed by atoms with E-state index < -0.39 is 25.2 Å². The average Bonchev–Trinajstić information content (AvgIpc) is 2.35. The Morgan fingerprint density at radius 3 is 2.42 bits per heavy atom. The van der Waals surface area contributed by atoms with E-state index in [9.17, 15) is 18.0 Å². The molecule has 0 bridgehead atoms. The highest BCUT2D eigenvalue weighted by atomic mass is 79.9. The zero-order valence-electron chi connectivity index (χ0n) is 9.99. The molecule has 3 nitrogen and oxygen atoms in total. The lowest BCUT2D eigenvalue weighted by Gasteiger charge is -2.23. The number of alkyl halides is 4. The summed E-state index contributed by atoms with van der Waals surface area (Å²) in [5.74, 6) is -0.248. The molecule has 1 rings (SSSR count). The molecular weight excluding hydrogens is 327 g/mol. The lowest BCUT2D eigenvalue weighted by atomic mass is 10.3. The number of benzene rings is 1. The SMILES string of the molecule is O=C(COc1ccccc1)N(CCBr)CC(F)(F)F. The molecule has 0 spiro atoms. The predicted molar refractivity (Wildman–Crippen MR) is 68.4 cm³/mol. The van der Waals surface area contributed by atoms with E-state index in [-0.39, 0.29) is 11.9 Å². The van der Waals surface area contributed by atoms with Crippen LogP contribution in [0.15, 0.2) is 30.3 Å². The zero-order valence-corrected chi connectivity index (χ0v) is 11.6. The first kappa shape index (κ1) is 15.8. The van der Waals surface area contributed by atoms with Gasteiger partial charge in [-0.25, -0.2) is 0 Å². The van der Waals surface area contributed by atoms with E-state index in [1.807, 2.05) is 0 Å². The minimum Gasteiger partial charge on any atom is -0.484 e. The molecule has 0 saturated heterocycles. The first-order chi connectivity index (χ1) is 8.92. The third kappa shape index (κ3) is 6.47. The van der Waals surface area contributed by atoms with Crippen molar-refractivity contribution in [3.63, 3.8) is 0 Å². The first-order valence-electron chi connectivity index (χ1n) is 5.50. The number of para-hydroxylation sites is 1. The molecule has 0 saturated carbocycles. The van der Waals surface area contributed by atoms with Crippen molar-refractivity contribution in [3.8, 4) is 5.75 Å². The fraction of sp³-hybridized carbons (Fsp3) is 0.417. The Bertz CT molecular complexity index is 398. The Balaban J connectivity index is 2.52. The molecule has 0 aromatic heterocycles. The molecule has 0 aliphatic rings. The van der Waals surface area contributed by atoms with E-state index in [4.69, 9.17) is 4.74 Å². The molecule has 1 aromatic carbocycles. The topological polar surface area (TPSA) is 29.5 Å². The van der Waals surface area contributed by atoms with Crippen LogP contribution in [-0.2, 0) is 4.79 Å². The van der Waals surface area contributed by atoms with E-state index >= 15 is 0 Å². The summed E-state index contributed by atoms with van der Waals surface area (Å²) >= 11 is 3.02. The van der Waals surface area contributed by atoms with Gasteiger partial charge in [0.05, 0.1) is 0 Å². The molecule has 0 radical (unpaired) electrons. The van der Waals surface area contributed by atoms with Gasteiger partial charge in [-0.15, -0.1) is 0 Å². The summed E-state index contributed by atoms with van der Waals surface area (Å²) in [5.41, 5.74) is 0. The number of amides is 1. The minimum absolute atomic E-state index is 0.0174. The van der Waals surface area contributed by atoms with Crippen LogP contribution in [0.1, 0.15) is 0 Å². The summed E-state index contributed by atoms with van der Waals surface area (Å²) in [6, 6.07) is 8.46. The molecule has 0 unspecified atom stereocenters. The highest BCUT2D eigenvalue weighted by Gasteiger charge is 2.32. The Labute approximate surface area is 117 Å². The van der Waals surface area contributed by atoms with E-state index in [1.165, 1.54) is 0 Å². The fourth-order valence-electron chi connectivity index (χ4n) is 1.36. The quantitative estimate of drug-likeness (QED) is 0.746. The van der Waals surface area contributed by atoms with Gasteiger partial charge in [-0.2, -0.15) is 13.2 Å². The fourth-order valence-corrected chi connectivity index (χ4v) is 1.79. The Morgan fingerprint density at radius 2 is 1.89 bits per heavy atom. The minimum atomic E-state index is -4.41. The Hall–Kier alpha value is -1.24. The van der Waals surface area contributed by atoms with E-state index in [1.54, 1.807) is 30.3 Å². The van der Waals surface area contributed by atoms with Crippen molar-refractivity contribution < 1.29 is 22.7 Å². The number of hydrogen-bond donors (Lipinski definition) is 0. The van der Waals surface area contributed by atoms with Gasteiger partial charge >= 0.3 is 6.18 Å². The van der Waals surface area contributed by atoms with Crippen LogP contribution in [0.3, 0.4) is 0 Å². The summed E-state index contributed by atoms with van der Waals surface area (Å²) in [6.07, 6.45) is -4.41. The van der Waals surface area contributed by atoms with Crippen LogP contribution < -0.4 is 4.74 Å². The van der Waals surface area contributed by atoms with Gasteiger partial charge in [0.15, 0.2) is 6.61 Å². The largest absolute Gasteiger partial charge is 0.484 e. The third-order valence-corrected chi connectivity index (χ3v) is 2.54. The first-order valence-corrected chi connectivity index (χ1v) is 6.63. The number of nitrogens with zero attached hydrogens (tertiary/aromatic N) is 1. The molecule has 0 N–H and O–H groups in total. The van der Waals surface area contributed by atoms with Gasteiger partial charge < -0.3 is 9.64 Å². The van der Waals surface area contributed by atoms with Crippen LogP contribution >= 0.6 is 15.9 Å². The Kier molecular flexibility index (Phi) is 6.14. The van der Waals surface area contributed by atoms with E-state index in [0.717, 1.165) is 4.90 Å². The van der Waals surface area contributed by atoms with Crippen LogP contribution in [0.25, 0.3) is 0 Å². The standard InChI is InChI=1S/C12H13BrF3NO2/c13-6-7-17(9-12(14,15)16)11(18)8-19-10-4-2-1-3-5-10/h1-5H,6-9H2. The molecular formula is C12H13BrF3NO2. The summed E-state index contributed by atoms with van der Waals surface area (Å²) in [5, 5.41) is 0.278. The highest BCUT2D eigenvalue weighted by molar-refractivity contribution is 9.09. The molecule has 0 aliphatic heterocycles. The maximum atomic E-state index is 12.3. The summed E-state index contributed by atoms with van der Waals surface area (Å²) < 4.78 is 42.0. The molecule has 1 aromatic rings. The molecule has 7 heteroatoms. The molecule has 0 heterocycles. The maximum absolute atomic E-state index is 12.3. The second-order valence-electron chi connectivity index (χ2n) is 3.72. The predicted octanol–water partition coefficient (Wildman–Crippen LogP) is 2.85. The molecule has 0 fully saturated rings. The number of halogens is 4. The van der Waals surface area contributed by atoms with Crippen LogP contribution in [0.5, 0.6) is 5.75 Å². The van der Waals surface area contributed by atoms with Crippen molar-refractivity contribution >= 4 is 21.8 Å². The van der Waals surface area contributed by atoms with Crippen LogP contribution in [0.2, 0.25) is 0 Å². The molecule has 0 atom stereocenters. The average molecular weight is 340 g/mol. The number of carbonyl (C=O) groups is 1. The van der Waals surface area contributed by atoms with Crippen LogP contribution in [0.4, 0.5) is 13.2 Å². The van der Waals surface area contributed by atoms with Crippen molar-refractivity contribution in [3.05, 3.63) is 30.3 Å². The normalized spacial score (nSPS) is 11.2. The van der Waals surface area contributed by atoms with Gasteiger partial charge in [0.25, 0.3) is 5.91 Å². The molecule has 19 heavy (non-hydrogen) atoms. The lowest BCUT2D eigenvalue weighted by molar-refractivity contribution is -0.161. The smallest absolute Gasteiger partial charge is 0.406 e. The second kappa shape index (κ2) is 7.37. The molecule has 106 valence electrons. The lowest BCUT2D eigenvalue weighted by Crippen LogP contribution is -2.42. The van der Waals surface area contributed by atoms with Crippen molar-refractivity contribution in [2.24, 2.45) is 0 Å². The van der Waals surface area contributed by atoms with Gasteiger partial charge in [0.1, 0.15) is 12.3 Å². The summed E-state index contributed by atoms with van der Waals surface area (Å²) in [4.78, 5) is 12.4. The van der Waals surface area contributed by atoms with Crippen LogP contribution in [0, 0.1) is 0 Å². The highest BCUT2D eigenvalue weighted by Crippen LogP contribution is 2.17. The monoisotopic (exact) mass is 339 g/mol. The molecule has 1 amide bonds. The number of carbonyl (C=O) groups excluding carboxylic acids is 1. The number of rotatable bonds is 6. The van der Waals surface area contributed by atoms with Gasteiger partial charge in [0, 0.05) is 11.9 Å². The zero-order chi connectivity index (χ0) is 14.3. The van der Waals surface area contributed by atoms with Gasteiger partial charge in [-0.1, -0.05) is 34.1 Å². The second-order valence-corrected chi connectivity index (χ2v) is 4.51. The van der Waals surface area contributed by atoms with E-state index in [2.05, 4.69) is 15.9 Å². The van der Waals surface area contributed by atoms with Crippen molar-refractivity contribution in [1.29, 1.82) is 0 Å². The maximum Gasteiger partial charge on any atom is 0.406 e. The Morgan fingerprint density at radius 1 is 1.26 bits per heavy atom. The van der Waals surface area contributed by atoms with E-state index in [0.29, 0.717) is 5.75 Å². The van der Waals surface area contributed by atoms with Crippen molar-refractivity contribution in [1.82, 2.24) is 4.90 Å².